The Labute approximate surface area is 385 Å². The summed E-state index contributed by atoms with van der Waals surface area (Å²) in [5.74, 6) is -0.992. The van der Waals surface area contributed by atoms with Crippen LogP contribution in [0.4, 0.5) is 8.78 Å². The number of benzene rings is 3. The topological polar surface area (TPSA) is 155 Å². The highest BCUT2D eigenvalue weighted by Gasteiger charge is 2.59. The van der Waals surface area contributed by atoms with Crippen molar-refractivity contribution >= 4 is 29.3 Å². The summed E-state index contributed by atoms with van der Waals surface area (Å²) < 4.78 is 62.4. The molecule has 1 saturated heterocycles. The Kier molecular flexibility index (Phi) is 11.1. The van der Waals surface area contributed by atoms with Crippen molar-refractivity contribution in [3.8, 4) is 17.2 Å². The molecule has 0 radical (unpaired) electrons. The SMILES string of the molecule is CCc1cc(-n2ccn(-c3c4c(nn3-c3cc(C)c(F)c(C)c3)CCN(C(=O)c3cc5cc(C6CCOCC6)ccc5n3C3(c5noc(=O)[nH]5)CC3C)C4C)c2=O)c(F)cc1P(=O)(CC)CC. The van der Waals surface area contributed by atoms with Gasteiger partial charge < -0.3 is 18.8 Å². The van der Waals surface area contributed by atoms with Crippen molar-refractivity contribution in [3.63, 3.8) is 0 Å². The number of aryl methyl sites for hydroxylation is 3. The van der Waals surface area contributed by atoms with E-state index in [1.165, 1.54) is 27.0 Å². The number of imidazole rings is 1. The molecule has 6 heterocycles. The van der Waals surface area contributed by atoms with Gasteiger partial charge in [-0.3, -0.25) is 23.4 Å². The number of nitrogens with one attached hydrogen (secondary N) is 1. The van der Waals surface area contributed by atoms with Gasteiger partial charge in [-0.25, -0.2) is 23.1 Å². The van der Waals surface area contributed by atoms with Gasteiger partial charge in [0.1, 0.15) is 35.8 Å². The number of carbonyl (C=O) groups is 1. The number of halogens is 2. The van der Waals surface area contributed by atoms with E-state index in [2.05, 4.69) is 35.3 Å². The number of ether oxygens (including phenoxy) is 1. The maximum absolute atomic E-state index is 16.3. The quantitative estimate of drug-likeness (QED) is 0.127. The summed E-state index contributed by atoms with van der Waals surface area (Å²) in [4.78, 5) is 47.4. The lowest BCUT2D eigenvalue weighted by molar-refractivity contribution is 0.0663. The molecule has 1 saturated carbocycles. The van der Waals surface area contributed by atoms with Gasteiger partial charge in [0.05, 0.1) is 23.1 Å². The van der Waals surface area contributed by atoms with Crippen LogP contribution < -0.4 is 16.8 Å². The van der Waals surface area contributed by atoms with Crippen molar-refractivity contribution in [3.05, 3.63) is 139 Å². The smallest absolute Gasteiger partial charge is 0.381 e. The van der Waals surface area contributed by atoms with Gasteiger partial charge >= 0.3 is 11.4 Å². The molecule has 350 valence electrons. The second kappa shape index (κ2) is 16.6. The normalized spacial score (nSPS) is 19.9. The minimum atomic E-state index is -2.86. The molecule has 0 bridgehead atoms. The third-order valence-electron chi connectivity index (χ3n) is 14.9. The molecule has 4 aromatic heterocycles. The number of aromatic amines is 1. The monoisotopic (exact) mass is 932 g/mol. The van der Waals surface area contributed by atoms with Crippen molar-refractivity contribution in [2.24, 2.45) is 5.92 Å². The summed E-state index contributed by atoms with van der Waals surface area (Å²) in [7, 11) is -2.86. The minimum Gasteiger partial charge on any atom is -0.381 e. The molecule has 3 aromatic carbocycles. The summed E-state index contributed by atoms with van der Waals surface area (Å²) in [6, 6.07) is 13.9. The number of amides is 1. The highest BCUT2D eigenvalue weighted by Crippen LogP contribution is 2.56. The number of fused-ring (bicyclic) bond motifs is 2. The van der Waals surface area contributed by atoms with E-state index < -0.39 is 36.0 Å². The molecule has 1 amide bonds. The minimum absolute atomic E-state index is 0.00318. The van der Waals surface area contributed by atoms with Crippen LogP contribution in [0.15, 0.2) is 75.0 Å². The zero-order valence-electron chi connectivity index (χ0n) is 38.9. The predicted octanol–water partition coefficient (Wildman–Crippen LogP) is 8.37. The van der Waals surface area contributed by atoms with Crippen LogP contribution in [0, 0.1) is 31.4 Å². The van der Waals surface area contributed by atoms with E-state index in [1.807, 2.05) is 38.3 Å². The lowest BCUT2D eigenvalue weighted by atomic mass is 9.91. The van der Waals surface area contributed by atoms with Gasteiger partial charge in [-0.2, -0.15) is 5.10 Å². The molecule has 3 atom stereocenters. The molecule has 1 N–H and O–H groups in total. The fourth-order valence-electron chi connectivity index (χ4n) is 10.9. The standard InChI is InChI=1S/C50H55F2N8O6P/c1-8-32-24-40(37(51)26-42(32)67(64,9-2)10-3)57-17-18-58(49(57)63)45-43-31(7)56(16-13-38(43)54-60(45)36-21-28(4)44(52)29(5)22-36)46(61)41-25-35-23-34(33-14-19-65-20-15-33)11-12-39(35)59(41)50(27-30(50)6)47-53-48(62)66-55-47/h11-12,17-18,21-26,30-31,33H,8-10,13-16,19-20,27H2,1-7H3,(H,53,55,62). The van der Waals surface area contributed by atoms with Gasteiger partial charge in [0.15, 0.2) is 5.82 Å². The predicted molar refractivity (Wildman–Crippen MR) is 251 cm³/mol. The van der Waals surface area contributed by atoms with Crippen molar-refractivity contribution in [1.29, 1.82) is 0 Å². The van der Waals surface area contributed by atoms with Crippen LogP contribution in [0.2, 0.25) is 0 Å². The van der Waals surface area contributed by atoms with Gasteiger partial charge in [0.2, 0.25) is 0 Å². The van der Waals surface area contributed by atoms with Crippen LogP contribution in [0.1, 0.15) is 116 Å². The lowest BCUT2D eigenvalue weighted by Crippen LogP contribution is -2.41. The summed E-state index contributed by atoms with van der Waals surface area (Å²) in [6.45, 7) is 14.6. The number of rotatable bonds is 11. The second-order valence-corrected chi connectivity index (χ2v) is 22.1. The Hall–Kier alpha value is -6.12. The van der Waals surface area contributed by atoms with Crippen LogP contribution >= 0.6 is 7.14 Å². The van der Waals surface area contributed by atoms with Crippen molar-refractivity contribution < 1.29 is 27.4 Å². The molecule has 2 aliphatic heterocycles. The fraction of sp³-hybridized carbons (Fsp3) is 0.420. The largest absolute Gasteiger partial charge is 0.438 e. The molecule has 3 aliphatic rings. The van der Waals surface area contributed by atoms with E-state index in [0.29, 0.717) is 107 Å². The van der Waals surface area contributed by atoms with Crippen molar-refractivity contribution in [2.45, 2.75) is 98.1 Å². The molecular formula is C50H55F2N8O6P. The number of aromatic nitrogens is 7. The number of H-pyrrole nitrogens is 1. The molecule has 2 fully saturated rings. The molecule has 3 unspecified atom stereocenters. The number of hydrogen-bond donors (Lipinski definition) is 1. The van der Waals surface area contributed by atoms with Crippen LogP contribution in [0.5, 0.6) is 0 Å². The van der Waals surface area contributed by atoms with E-state index >= 15 is 13.6 Å². The van der Waals surface area contributed by atoms with Gasteiger partial charge in [-0.15, -0.1) is 0 Å². The van der Waals surface area contributed by atoms with E-state index in [0.717, 1.165) is 23.7 Å². The summed E-state index contributed by atoms with van der Waals surface area (Å²) in [5.41, 5.74) is 4.22. The van der Waals surface area contributed by atoms with Crippen LogP contribution in [0.25, 0.3) is 28.1 Å². The van der Waals surface area contributed by atoms with E-state index in [9.17, 15) is 14.2 Å². The van der Waals surface area contributed by atoms with E-state index in [-0.39, 0.29) is 29.9 Å². The number of carbonyl (C=O) groups excluding carboxylic acids is 1. The second-order valence-electron chi connectivity index (χ2n) is 18.6. The molecule has 17 heteroatoms. The Bertz CT molecular complexity index is 3270. The number of nitrogens with zero attached hydrogens (tertiary/aromatic N) is 7. The zero-order chi connectivity index (χ0) is 47.3. The van der Waals surface area contributed by atoms with Gasteiger partial charge in [0.25, 0.3) is 5.91 Å². The van der Waals surface area contributed by atoms with Crippen LogP contribution in [-0.2, 0) is 27.7 Å². The lowest BCUT2D eigenvalue weighted by Gasteiger charge is -2.34. The third kappa shape index (κ3) is 7.03. The first-order valence-corrected chi connectivity index (χ1v) is 25.4. The molecular weight excluding hydrogens is 878 g/mol. The molecule has 10 rings (SSSR count). The fourth-order valence-corrected chi connectivity index (χ4v) is 13.2. The van der Waals surface area contributed by atoms with Gasteiger partial charge in [-0.1, -0.05) is 38.9 Å². The van der Waals surface area contributed by atoms with Crippen molar-refractivity contribution in [1.82, 2.24) is 38.5 Å². The Morgan fingerprint density at radius 2 is 1.66 bits per heavy atom. The highest BCUT2D eigenvalue weighted by atomic mass is 31.2. The van der Waals surface area contributed by atoms with E-state index in [4.69, 9.17) is 14.4 Å². The number of hydrogen-bond acceptors (Lipinski definition) is 8. The molecule has 1 aliphatic carbocycles. The summed E-state index contributed by atoms with van der Waals surface area (Å²) in [6.07, 6.45) is 7.05. The maximum atomic E-state index is 16.3. The van der Waals surface area contributed by atoms with Gasteiger partial charge in [-0.05, 0) is 123 Å². The summed E-state index contributed by atoms with van der Waals surface area (Å²) in [5, 5.41) is 10.6. The third-order valence-corrected chi connectivity index (χ3v) is 18.2. The Balaban J connectivity index is 1.12. The van der Waals surface area contributed by atoms with E-state index in [1.54, 1.807) is 47.8 Å². The first kappa shape index (κ1) is 44.7. The summed E-state index contributed by atoms with van der Waals surface area (Å²) >= 11 is 0. The molecule has 14 nitrogen and oxygen atoms in total. The van der Waals surface area contributed by atoms with Crippen molar-refractivity contribution in [2.75, 3.05) is 32.1 Å². The Morgan fingerprint density at radius 3 is 2.30 bits per heavy atom. The van der Waals surface area contributed by atoms with Crippen LogP contribution in [-0.4, -0.2) is 76.5 Å². The maximum Gasteiger partial charge on any atom is 0.438 e. The Morgan fingerprint density at radius 1 is 0.955 bits per heavy atom. The average molecular weight is 933 g/mol. The van der Waals surface area contributed by atoms with Crippen LogP contribution in [0.3, 0.4) is 0 Å². The van der Waals surface area contributed by atoms with Gasteiger partial charge in [0, 0.05) is 72.7 Å². The molecule has 0 spiro atoms. The zero-order valence-corrected chi connectivity index (χ0v) is 39.8. The molecule has 67 heavy (non-hydrogen) atoms. The first-order valence-electron chi connectivity index (χ1n) is 23.4. The molecule has 7 aromatic rings. The first-order chi connectivity index (χ1) is 32.1. The average Bonchev–Trinajstić information content (AvgIpc) is 3.82. The highest BCUT2D eigenvalue weighted by molar-refractivity contribution is 7.71.